The molecule has 0 aromatic rings. The first-order chi connectivity index (χ1) is 18.6. The predicted octanol–water partition coefficient (Wildman–Crippen LogP) is 8.70. The van der Waals surface area contributed by atoms with Crippen LogP contribution >= 0.6 is 0 Å². The molecule has 43 heavy (non-hydrogen) atoms. The summed E-state index contributed by atoms with van der Waals surface area (Å²) in [7, 11) is -4.59. The zero-order valence-corrected chi connectivity index (χ0v) is 22.2. The number of hydrogen-bond acceptors (Lipinski definition) is 3. The Kier molecular flexibility index (Phi) is 11.7. The van der Waals surface area contributed by atoms with Crippen molar-refractivity contribution in [3.05, 3.63) is 0 Å². The van der Waals surface area contributed by atoms with Crippen molar-refractivity contribution in [3.8, 4) is 0 Å². The summed E-state index contributed by atoms with van der Waals surface area (Å²) in [6.45, 7) is 1.80. The topological polar surface area (TPSA) is 27.7 Å². The standard InChI is InChI=1S/C18H19F21O3Si/c1-4-40-43(41-5-2,42-6-3)8-7-9(19,20)10(21,22)11(23,24)12(25,26)13(27,28)14(29,30)15(31,32)16(33,34)17(35,36)18(37,38)39/h4-8H2,1-3H3. The van der Waals surface area contributed by atoms with Gasteiger partial charge >= 0.3 is 68.3 Å². The zero-order chi connectivity index (χ0) is 35.2. The highest BCUT2D eigenvalue weighted by atomic mass is 28.4. The van der Waals surface area contributed by atoms with E-state index in [1.807, 2.05) is 0 Å². The molecule has 0 aromatic carbocycles. The molecule has 0 aliphatic rings. The van der Waals surface area contributed by atoms with Crippen LogP contribution in [0.25, 0.3) is 0 Å². The number of hydrogen-bond donors (Lipinski definition) is 0. The van der Waals surface area contributed by atoms with E-state index in [0.29, 0.717) is 0 Å². The van der Waals surface area contributed by atoms with Gasteiger partial charge in [-0.25, -0.2) is 0 Å². The van der Waals surface area contributed by atoms with Crippen LogP contribution in [-0.2, 0) is 13.3 Å². The first kappa shape index (κ1) is 41.6. The fourth-order valence-corrected chi connectivity index (χ4v) is 5.68. The molecule has 0 aliphatic carbocycles. The number of rotatable bonds is 17. The zero-order valence-electron chi connectivity index (χ0n) is 21.2. The first-order valence-electron chi connectivity index (χ1n) is 11.0. The first-order valence-corrected chi connectivity index (χ1v) is 13.0. The van der Waals surface area contributed by atoms with Crippen molar-refractivity contribution in [1.82, 2.24) is 0 Å². The third-order valence-electron chi connectivity index (χ3n) is 5.41. The molecule has 260 valence electrons. The van der Waals surface area contributed by atoms with E-state index < -0.39 is 101 Å². The van der Waals surface area contributed by atoms with E-state index in [4.69, 9.17) is 13.3 Å². The van der Waals surface area contributed by atoms with Gasteiger partial charge in [0.2, 0.25) is 0 Å². The van der Waals surface area contributed by atoms with Gasteiger partial charge in [0.15, 0.2) is 0 Å². The van der Waals surface area contributed by atoms with Gasteiger partial charge in [-0.3, -0.25) is 0 Å². The largest absolute Gasteiger partial charge is 0.501 e. The van der Waals surface area contributed by atoms with Crippen molar-refractivity contribution in [1.29, 1.82) is 0 Å². The second kappa shape index (κ2) is 12.1. The Balaban J connectivity index is 6.93. The van der Waals surface area contributed by atoms with Crippen LogP contribution in [0.3, 0.4) is 0 Å². The highest BCUT2D eigenvalue weighted by Crippen LogP contribution is 2.66. The van der Waals surface area contributed by atoms with Gasteiger partial charge in [0, 0.05) is 32.3 Å². The Morgan fingerprint density at radius 1 is 0.372 bits per heavy atom. The molecule has 0 amide bonds. The van der Waals surface area contributed by atoms with Gasteiger partial charge in [-0.15, -0.1) is 0 Å². The van der Waals surface area contributed by atoms with E-state index in [-0.39, 0.29) is 0 Å². The Labute approximate surface area is 228 Å². The van der Waals surface area contributed by atoms with Crippen LogP contribution in [0.5, 0.6) is 0 Å². The van der Waals surface area contributed by atoms with Crippen LogP contribution in [0.2, 0.25) is 6.04 Å². The van der Waals surface area contributed by atoms with E-state index in [2.05, 4.69) is 0 Å². The fraction of sp³-hybridized carbons (Fsp3) is 1.00. The van der Waals surface area contributed by atoms with Gasteiger partial charge in [0.1, 0.15) is 0 Å². The molecule has 0 unspecified atom stereocenters. The van der Waals surface area contributed by atoms with Crippen LogP contribution in [-0.4, -0.2) is 88.1 Å². The Hall–Kier alpha value is -1.37. The monoisotopic (exact) mass is 710 g/mol. The smallest absolute Gasteiger partial charge is 0.374 e. The molecular formula is C18H19F21O3Si. The lowest BCUT2D eigenvalue weighted by Gasteiger charge is -2.44. The summed E-state index contributed by atoms with van der Waals surface area (Å²) in [6, 6.07) is -1.71. The maximum absolute atomic E-state index is 14.2. The lowest BCUT2D eigenvalue weighted by molar-refractivity contribution is -0.474. The van der Waals surface area contributed by atoms with Crippen molar-refractivity contribution in [2.24, 2.45) is 0 Å². The van der Waals surface area contributed by atoms with Gasteiger partial charge < -0.3 is 13.3 Å². The third-order valence-corrected chi connectivity index (χ3v) is 8.46. The fourth-order valence-electron chi connectivity index (χ4n) is 3.06. The third kappa shape index (κ3) is 6.23. The lowest BCUT2D eigenvalue weighted by Crippen LogP contribution is -2.76. The SMILES string of the molecule is CCO[Si](CCC(F)(F)C(F)(F)C(F)(F)C(F)(F)C(F)(F)C(F)(F)C(F)(F)C(F)(F)C(F)(F)C(F)(F)F)(OCC)OCC. The summed E-state index contributed by atoms with van der Waals surface area (Å²) in [5, 5.41) is 0. The minimum absolute atomic E-state index is 0.518. The maximum atomic E-state index is 14.2. The van der Waals surface area contributed by atoms with Gasteiger partial charge in [-0.05, 0) is 20.8 Å². The molecule has 0 saturated carbocycles. The number of halogens is 21. The summed E-state index contributed by atoms with van der Waals surface area (Å²) in [5.41, 5.74) is 0. The molecule has 0 heterocycles. The molecule has 3 nitrogen and oxygen atoms in total. The van der Waals surface area contributed by atoms with Crippen molar-refractivity contribution in [2.45, 2.75) is 92.7 Å². The Morgan fingerprint density at radius 2 is 0.605 bits per heavy atom. The molecule has 25 heteroatoms. The summed E-state index contributed by atoms with van der Waals surface area (Å²) < 4.78 is 298. The van der Waals surface area contributed by atoms with E-state index in [0.717, 1.165) is 20.8 Å². The van der Waals surface area contributed by atoms with Gasteiger partial charge in [0.05, 0.1) is 0 Å². The highest BCUT2D eigenvalue weighted by molar-refractivity contribution is 6.60. The molecule has 0 aromatic heterocycles. The summed E-state index contributed by atoms with van der Waals surface area (Å²) in [6.07, 6.45) is -10.8. The minimum Gasteiger partial charge on any atom is -0.374 e. The average molecular weight is 710 g/mol. The predicted molar refractivity (Wildman–Crippen MR) is 101 cm³/mol. The molecule has 0 aliphatic heterocycles. The molecule has 0 radical (unpaired) electrons. The van der Waals surface area contributed by atoms with Crippen LogP contribution in [0.1, 0.15) is 27.2 Å². The van der Waals surface area contributed by atoms with E-state index in [9.17, 15) is 92.2 Å². The molecule has 0 bridgehead atoms. The summed E-state index contributed by atoms with van der Waals surface area (Å²) >= 11 is 0. The van der Waals surface area contributed by atoms with Gasteiger partial charge in [-0.1, -0.05) is 0 Å². The van der Waals surface area contributed by atoms with Crippen molar-refractivity contribution < 1.29 is 105 Å². The molecule has 0 fully saturated rings. The maximum Gasteiger partial charge on any atom is 0.501 e. The number of alkyl halides is 21. The van der Waals surface area contributed by atoms with Gasteiger partial charge in [0.25, 0.3) is 0 Å². The Morgan fingerprint density at radius 3 is 0.837 bits per heavy atom. The normalized spacial score (nSPS) is 16.2. The molecule has 0 rings (SSSR count). The van der Waals surface area contributed by atoms with Gasteiger partial charge in [-0.2, -0.15) is 92.2 Å². The second-order valence-electron chi connectivity index (χ2n) is 8.28. The quantitative estimate of drug-likeness (QED) is 0.112. The molecule has 0 atom stereocenters. The summed E-state index contributed by atoms with van der Waals surface area (Å²) in [4.78, 5) is 0. The van der Waals surface area contributed by atoms with Crippen LogP contribution < -0.4 is 0 Å². The molecular weight excluding hydrogens is 691 g/mol. The van der Waals surface area contributed by atoms with Crippen LogP contribution in [0, 0.1) is 0 Å². The van der Waals surface area contributed by atoms with Crippen LogP contribution in [0.4, 0.5) is 92.2 Å². The van der Waals surface area contributed by atoms with Crippen molar-refractivity contribution in [2.75, 3.05) is 19.8 Å². The van der Waals surface area contributed by atoms with E-state index >= 15 is 0 Å². The van der Waals surface area contributed by atoms with Crippen molar-refractivity contribution >= 4 is 8.80 Å². The van der Waals surface area contributed by atoms with E-state index in [1.165, 1.54) is 0 Å². The average Bonchev–Trinajstić information content (AvgIpc) is 2.81. The lowest BCUT2D eigenvalue weighted by atomic mass is 9.86. The van der Waals surface area contributed by atoms with E-state index in [1.54, 1.807) is 0 Å². The summed E-state index contributed by atoms with van der Waals surface area (Å²) in [5.74, 6) is -77.2. The molecule has 0 N–H and O–H groups in total. The van der Waals surface area contributed by atoms with Crippen molar-refractivity contribution in [3.63, 3.8) is 0 Å². The highest BCUT2D eigenvalue weighted by Gasteiger charge is 2.97. The second-order valence-corrected chi connectivity index (χ2v) is 11.0. The molecule has 0 saturated heterocycles. The molecule has 0 spiro atoms. The minimum atomic E-state index is -9.20. The van der Waals surface area contributed by atoms with Crippen LogP contribution in [0.15, 0.2) is 0 Å². The Bertz CT molecular complexity index is 916.